The van der Waals surface area contributed by atoms with E-state index in [2.05, 4.69) is 11.3 Å². The third kappa shape index (κ3) is 4.53. The molecule has 0 N–H and O–H groups in total. The van der Waals surface area contributed by atoms with Gasteiger partial charge in [0.05, 0.1) is 7.11 Å². The summed E-state index contributed by atoms with van der Waals surface area (Å²) in [6.07, 6.45) is 3.49. The lowest BCUT2D eigenvalue weighted by molar-refractivity contribution is -0.135. The number of amides is 1. The van der Waals surface area contributed by atoms with E-state index in [1.54, 1.807) is 38.3 Å². The van der Waals surface area contributed by atoms with E-state index in [0.29, 0.717) is 48.7 Å². The molecule has 0 bridgehead atoms. The molecule has 164 valence electrons. The molecule has 1 aromatic rings. The van der Waals surface area contributed by atoms with Crippen molar-refractivity contribution in [1.29, 1.82) is 0 Å². The molecule has 8 heteroatoms. The van der Waals surface area contributed by atoms with Crippen molar-refractivity contribution in [1.82, 2.24) is 9.80 Å². The molecule has 1 saturated heterocycles. The molecule has 30 heavy (non-hydrogen) atoms. The van der Waals surface area contributed by atoms with Crippen molar-refractivity contribution >= 4 is 26.7 Å². The van der Waals surface area contributed by atoms with Crippen LogP contribution in [0.2, 0.25) is 0 Å². The number of unbranched alkanes of at least 4 members (excludes halogenated alkanes) is 1. The summed E-state index contributed by atoms with van der Waals surface area (Å²) in [5, 5.41) is 0. The van der Waals surface area contributed by atoms with Crippen LogP contribution in [-0.2, 0) is 14.8 Å². The second kappa shape index (κ2) is 9.20. The zero-order valence-electron chi connectivity index (χ0n) is 18.2. The monoisotopic (exact) mass is 433 g/mol. The predicted octanol–water partition coefficient (Wildman–Crippen LogP) is 3.14. The largest absolute Gasteiger partial charge is 0.497 e. The van der Waals surface area contributed by atoms with Crippen LogP contribution in [0.4, 0.5) is 0 Å². The van der Waals surface area contributed by atoms with Crippen LogP contribution in [0.15, 0.2) is 34.2 Å². The lowest BCUT2D eigenvalue weighted by atomic mass is 9.94. The molecule has 2 aliphatic rings. The summed E-state index contributed by atoms with van der Waals surface area (Å²) in [7, 11) is -0.312. The molecule has 0 unspecified atom stereocenters. The van der Waals surface area contributed by atoms with Crippen LogP contribution in [0.5, 0.6) is 5.75 Å². The van der Waals surface area contributed by atoms with E-state index < -0.39 is 10.0 Å². The first-order valence-corrected chi connectivity index (χ1v) is 11.9. The number of piperidine rings is 1. The maximum atomic E-state index is 12.8. The van der Waals surface area contributed by atoms with Crippen LogP contribution >= 0.6 is 0 Å². The standard InChI is InChI=1S/C22H31N3O4S/c1-5-6-13-24(3)22(26)18-11-14-25(15-12-18)21-16(2)20(30(27,28)23-21)17-7-9-19(29-4)10-8-17/h7-10,18H,5-6,11-15H2,1-4H3. The summed E-state index contributed by atoms with van der Waals surface area (Å²) < 4.78 is 34.8. The first-order chi connectivity index (χ1) is 14.3. The van der Waals surface area contributed by atoms with Crippen molar-refractivity contribution in [2.75, 3.05) is 33.8 Å². The van der Waals surface area contributed by atoms with E-state index >= 15 is 0 Å². The van der Waals surface area contributed by atoms with Gasteiger partial charge >= 0.3 is 0 Å². The zero-order valence-corrected chi connectivity index (χ0v) is 19.0. The van der Waals surface area contributed by atoms with Gasteiger partial charge in [-0.1, -0.05) is 13.3 Å². The molecule has 1 aromatic carbocycles. The van der Waals surface area contributed by atoms with Gasteiger partial charge in [0, 0.05) is 38.2 Å². The summed E-state index contributed by atoms with van der Waals surface area (Å²) in [5.74, 6) is 1.36. The third-order valence-corrected chi connectivity index (χ3v) is 7.33. The summed E-state index contributed by atoms with van der Waals surface area (Å²) in [5.41, 5.74) is 1.26. The minimum atomic E-state index is -3.75. The average Bonchev–Trinajstić information content (AvgIpc) is 3.00. The van der Waals surface area contributed by atoms with E-state index in [4.69, 9.17) is 4.74 Å². The van der Waals surface area contributed by atoms with Gasteiger partial charge in [0.1, 0.15) is 16.5 Å². The summed E-state index contributed by atoms with van der Waals surface area (Å²) in [6, 6.07) is 6.97. The zero-order chi connectivity index (χ0) is 21.9. The number of hydrogen-bond acceptors (Lipinski definition) is 5. The van der Waals surface area contributed by atoms with Crippen LogP contribution in [0.1, 0.15) is 45.1 Å². The number of sulfonamides is 1. The number of nitrogens with zero attached hydrogens (tertiary/aromatic N) is 3. The lowest BCUT2D eigenvalue weighted by Crippen LogP contribution is -2.43. The number of hydrogen-bond donors (Lipinski definition) is 0. The molecule has 0 saturated carbocycles. The fourth-order valence-electron chi connectivity index (χ4n) is 4.08. The molecule has 3 rings (SSSR count). The van der Waals surface area contributed by atoms with Crippen LogP contribution in [-0.4, -0.2) is 63.8 Å². The summed E-state index contributed by atoms with van der Waals surface area (Å²) in [4.78, 5) is 16.7. The Labute approximate surface area is 179 Å². The fraction of sp³-hybridized carbons (Fsp3) is 0.545. The minimum absolute atomic E-state index is 0.00735. The van der Waals surface area contributed by atoms with E-state index in [-0.39, 0.29) is 16.7 Å². The van der Waals surface area contributed by atoms with Gasteiger partial charge < -0.3 is 14.5 Å². The number of benzene rings is 1. The van der Waals surface area contributed by atoms with E-state index in [9.17, 15) is 13.2 Å². The second-order valence-electron chi connectivity index (χ2n) is 7.95. The normalized spacial score (nSPS) is 19.1. The number of carbonyl (C=O) groups excluding carboxylic acids is 1. The molecular formula is C22H31N3O4S. The first kappa shape index (κ1) is 22.3. The summed E-state index contributed by atoms with van der Waals surface area (Å²) >= 11 is 0. The van der Waals surface area contributed by atoms with Crippen LogP contribution in [0.3, 0.4) is 0 Å². The molecule has 2 heterocycles. The fourth-order valence-corrected chi connectivity index (χ4v) is 5.56. The highest BCUT2D eigenvalue weighted by atomic mass is 32.2. The number of amidine groups is 1. The quantitative estimate of drug-likeness (QED) is 0.689. The van der Waals surface area contributed by atoms with Gasteiger partial charge in [-0.15, -0.1) is 4.40 Å². The van der Waals surface area contributed by atoms with Gasteiger partial charge in [0.15, 0.2) is 0 Å². The van der Waals surface area contributed by atoms with Gasteiger partial charge in [-0.25, -0.2) is 0 Å². The SMILES string of the molecule is CCCCN(C)C(=O)C1CCN(C2=NS(=O)(=O)C(c3ccc(OC)cc3)=C2C)CC1. The summed E-state index contributed by atoms with van der Waals surface area (Å²) in [6.45, 7) is 5.95. The van der Waals surface area contributed by atoms with E-state index in [0.717, 1.165) is 19.4 Å². The molecular weight excluding hydrogens is 402 g/mol. The molecule has 0 atom stereocenters. The van der Waals surface area contributed by atoms with Crippen molar-refractivity contribution < 1.29 is 17.9 Å². The number of ether oxygens (including phenoxy) is 1. The number of carbonyl (C=O) groups is 1. The van der Waals surface area contributed by atoms with Crippen molar-refractivity contribution in [3.8, 4) is 5.75 Å². The van der Waals surface area contributed by atoms with E-state index in [1.165, 1.54) is 0 Å². The van der Waals surface area contributed by atoms with Gasteiger partial charge in [0.25, 0.3) is 10.0 Å². The highest BCUT2D eigenvalue weighted by Crippen LogP contribution is 2.35. The number of methoxy groups -OCH3 is 1. The van der Waals surface area contributed by atoms with E-state index in [1.807, 2.05) is 16.8 Å². The first-order valence-electron chi connectivity index (χ1n) is 10.5. The Hall–Kier alpha value is -2.35. The van der Waals surface area contributed by atoms with Crippen molar-refractivity contribution in [3.05, 3.63) is 35.4 Å². The Morgan fingerprint density at radius 1 is 1.23 bits per heavy atom. The molecule has 2 aliphatic heterocycles. The minimum Gasteiger partial charge on any atom is -0.497 e. The maximum absolute atomic E-state index is 12.8. The molecule has 1 amide bonds. The molecule has 7 nitrogen and oxygen atoms in total. The predicted molar refractivity (Wildman–Crippen MR) is 119 cm³/mol. The molecule has 0 spiro atoms. The van der Waals surface area contributed by atoms with Crippen molar-refractivity contribution in [3.63, 3.8) is 0 Å². The van der Waals surface area contributed by atoms with Crippen molar-refractivity contribution in [2.45, 2.75) is 39.5 Å². The Bertz CT molecular complexity index is 943. The Kier molecular flexibility index (Phi) is 6.85. The van der Waals surface area contributed by atoms with Gasteiger partial charge in [-0.05, 0) is 56.0 Å². The average molecular weight is 434 g/mol. The second-order valence-corrected chi connectivity index (χ2v) is 9.49. The Balaban J connectivity index is 1.72. The van der Waals surface area contributed by atoms with Crippen LogP contribution in [0, 0.1) is 5.92 Å². The van der Waals surface area contributed by atoms with Crippen molar-refractivity contribution in [2.24, 2.45) is 10.3 Å². The van der Waals surface area contributed by atoms with Crippen LogP contribution in [0.25, 0.3) is 4.91 Å². The van der Waals surface area contributed by atoms with Crippen LogP contribution < -0.4 is 4.74 Å². The maximum Gasteiger partial charge on any atom is 0.285 e. The number of rotatable bonds is 6. The highest BCUT2D eigenvalue weighted by molar-refractivity contribution is 8.00. The van der Waals surface area contributed by atoms with Gasteiger partial charge in [0.2, 0.25) is 5.91 Å². The molecule has 0 aromatic heterocycles. The Morgan fingerprint density at radius 3 is 2.43 bits per heavy atom. The number of likely N-dealkylation sites (tertiary alicyclic amines) is 1. The van der Waals surface area contributed by atoms with Gasteiger partial charge in [-0.3, -0.25) is 4.79 Å². The highest BCUT2D eigenvalue weighted by Gasteiger charge is 2.36. The molecule has 0 aliphatic carbocycles. The molecule has 1 fully saturated rings. The third-order valence-electron chi connectivity index (χ3n) is 5.86. The lowest BCUT2D eigenvalue weighted by Gasteiger charge is -2.34. The van der Waals surface area contributed by atoms with Gasteiger partial charge in [-0.2, -0.15) is 8.42 Å². The Morgan fingerprint density at radius 2 is 1.87 bits per heavy atom. The topological polar surface area (TPSA) is 79.3 Å². The smallest absolute Gasteiger partial charge is 0.285 e. The molecule has 0 radical (unpaired) electrons.